The third-order valence-corrected chi connectivity index (χ3v) is 5.53. The average Bonchev–Trinajstić information content (AvgIpc) is 3.08. The Labute approximate surface area is 140 Å². The lowest BCUT2D eigenvalue weighted by Gasteiger charge is -2.26. The highest BCUT2D eigenvalue weighted by molar-refractivity contribution is 7.11. The molecule has 0 N–H and O–H groups in total. The van der Waals surface area contributed by atoms with Gasteiger partial charge in [-0.1, -0.05) is 12.1 Å². The Morgan fingerprint density at radius 1 is 1.43 bits per heavy atom. The number of carbonyl (C=O) groups is 1. The Balaban J connectivity index is 1.78. The molecule has 2 aromatic heterocycles. The minimum Gasteiger partial charge on any atom is -0.360 e. The van der Waals surface area contributed by atoms with Gasteiger partial charge in [0.05, 0.1) is 16.4 Å². The first-order valence-corrected chi connectivity index (χ1v) is 8.99. The molecule has 6 heteroatoms. The summed E-state index contributed by atoms with van der Waals surface area (Å²) < 4.78 is 5.26. The number of amides is 1. The smallest absolute Gasteiger partial charge is 0.259 e. The van der Waals surface area contributed by atoms with Crippen LogP contribution in [-0.2, 0) is 12.8 Å². The van der Waals surface area contributed by atoms with E-state index in [1.807, 2.05) is 20.9 Å². The van der Waals surface area contributed by atoms with Gasteiger partial charge in [-0.25, -0.2) is 4.98 Å². The molecule has 1 amide bonds. The second-order valence-corrected chi connectivity index (χ2v) is 7.52. The monoisotopic (exact) mass is 333 g/mol. The zero-order valence-electron chi connectivity index (χ0n) is 14.2. The van der Waals surface area contributed by atoms with Gasteiger partial charge in [-0.3, -0.25) is 4.79 Å². The summed E-state index contributed by atoms with van der Waals surface area (Å²) in [5.41, 5.74) is 2.50. The Kier molecular flexibility index (Phi) is 4.53. The molecule has 0 bridgehead atoms. The molecule has 0 saturated heterocycles. The van der Waals surface area contributed by atoms with E-state index in [9.17, 15) is 4.79 Å². The van der Waals surface area contributed by atoms with E-state index in [1.165, 1.54) is 17.0 Å². The van der Waals surface area contributed by atoms with Gasteiger partial charge in [0, 0.05) is 30.8 Å². The molecule has 0 radical (unpaired) electrons. The summed E-state index contributed by atoms with van der Waals surface area (Å²) >= 11 is 1.80. The van der Waals surface area contributed by atoms with E-state index >= 15 is 0 Å². The van der Waals surface area contributed by atoms with E-state index in [1.54, 1.807) is 16.2 Å². The van der Waals surface area contributed by atoms with Crippen molar-refractivity contribution in [2.24, 2.45) is 0 Å². The predicted octanol–water partition coefficient (Wildman–Crippen LogP) is 3.50. The quantitative estimate of drug-likeness (QED) is 0.859. The molecule has 124 valence electrons. The fourth-order valence-electron chi connectivity index (χ4n) is 3.34. The van der Waals surface area contributed by atoms with Crippen molar-refractivity contribution in [3.05, 3.63) is 32.6 Å². The van der Waals surface area contributed by atoms with Crippen LogP contribution in [-0.4, -0.2) is 34.5 Å². The van der Waals surface area contributed by atoms with Crippen molar-refractivity contribution in [2.75, 3.05) is 13.6 Å². The second-order valence-electron chi connectivity index (χ2n) is 6.24. The lowest BCUT2D eigenvalue weighted by atomic mass is 9.90. The van der Waals surface area contributed by atoms with Crippen LogP contribution in [0.3, 0.4) is 0 Å². The van der Waals surface area contributed by atoms with E-state index in [4.69, 9.17) is 9.51 Å². The van der Waals surface area contributed by atoms with E-state index in [2.05, 4.69) is 12.1 Å². The SMILES string of the molecule is CCc1onc(C)c1C(=O)N(C)C[C@H]1CCCc2sc(C)nc21. The first-order valence-electron chi connectivity index (χ1n) is 8.18. The first kappa shape index (κ1) is 16.2. The van der Waals surface area contributed by atoms with E-state index in [0.29, 0.717) is 35.9 Å². The highest BCUT2D eigenvalue weighted by Crippen LogP contribution is 2.35. The summed E-state index contributed by atoms with van der Waals surface area (Å²) in [5.74, 6) is 1.01. The lowest BCUT2D eigenvalue weighted by molar-refractivity contribution is 0.0780. The Hall–Kier alpha value is -1.69. The molecule has 1 atom stereocenters. The molecule has 0 saturated carbocycles. The summed E-state index contributed by atoms with van der Waals surface area (Å²) in [6.07, 6.45) is 4.07. The van der Waals surface area contributed by atoms with Crippen LogP contribution in [0, 0.1) is 13.8 Å². The summed E-state index contributed by atoms with van der Waals surface area (Å²) in [7, 11) is 1.86. The van der Waals surface area contributed by atoms with Crippen LogP contribution in [0.2, 0.25) is 0 Å². The molecule has 2 heterocycles. The van der Waals surface area contributed by atoms with Crippen molar-refractivity contribution in [2.45, 2.75) is 52.4 Å². The topological polar surface area (TPSA) is 59.2 Å². The molecular formula is C17H23N3O2S. The number of rotatable bonds is 4. The Morgan fingerprint density at radius 2 is 2.22 bits per heavy atom. The fraction of sp³-hybridized carbons (Fsp3) is 0.588. The maximum absolute atomic E-state index is 12.8. The molecule has 0 spiro atoms. The highest BCUT2D eigenvalue weighted by Gasteiger charge is 2.28. The Morgan fingerprint density at radius 3 is 2.96 bits per heavy atom. The van der Waals surface area contributed by atoms with Crippen LogP contribution in [0.4, 0.5) is 0 Å². The minimum atomic E-state index is -0.000301. The standard InChI is InChI=1S/C17H23N3O2S/c1-5-13-15(10(2)19-22-13)17(21)20(4)9-12-7-6-8-14-16(12)18-11(3)23-14/h12H,5-9H2,1-4H3/t12-/m1/s1. The van der Waals surface area contributed by atoms with Crippen LogP contribution in [0.1, 0.15) is 63.1 Å². The summed E-state index contributed by atoms with van der Waals surface area (Å²) in [5, 5.41) is 5.07. The number of likely N-dealkylation sites (N-methyl/N-ethyl adjacent to an activating group) is 1. The van der Waals surface area contributed by atoms with Crippen LogP contribution in [0.25, 0.3) is 0 Å². The number of hydrogen-bond donors (Lipinski definition) is 0. The van der Waals surface area contributed by atoms with Gasteiger partial charge in [-0.15, -0.1) is 11.3 Å². The second kappa shape index (κ2) is 6.43. The van der Waals surface area contributed by atoms with Crippen molar-refractivity contribution in [1.29, 1.82) is 0 Å². The van der Waals surface area contributed by atoms with Gasteiger partial charge in [0.15, 0.2) is 0 Å². The van der Waals surface area contributed by atoms with E-state index in [0.717, 1.165) is 17.8 Å². The maximum atomic E-state index is 12.8. The maximum Gasteiger partial charge on any atom is 0.259 e. The zero-order valence-corrected chi connectivity index (χ0v) is 15.0. The number of nitrogens with zero attached hydrogens (tertiary/aromatic N) is 3. The molecule has 2 aromatic rings. The average molecular weight is 333 g/mol. The number of carbonyl (C=O) groups excluding carboxylic acids is 1. The molecule has 5 nitrogen and oxygen atoms in total. The molecular weight excluding hydrogens is 310 g/mol. The molecule has 0 aliphatic heterocycles. The number of fused-ring (bicyclic) bond motifs is 1. The molecule has 0 fully saturated rings. The highest BCUT2D eigenvalue weighted by atomic mass is 32.1. The van der Waals surface area contributed by atoms with E-state index < -0.39 is 0 Å². The van der Waals surface area contributed by atoms with Crippen molar-refractivity contribution in [3.8, 4) is 0 Å². The van der Waals surface area contributed by atoms with Gasteiger partial charge in [0.2, 0.25) is 0 Å². The number of aryl methyl sites for hydroxylation is 4. The van der Waals surface area contributed by atoms with Gasteiger partial charge in [-0.2, -0.15) is 0 Å². The number of aromatic nitrogens is 2. The summed E-state index contributed by atoms with van der Waals surface area (Å²) in [6, 6.07) is 0. The van der Waals surface area contributed by atoms with Crippen molar-refractivity contribution in [3.63, 3.8) is 0 Å². The van der Waals surface area contributed by atoms with Crippen molar-refractivity contribution in [1.82, 2.24) is 15.0 Å². The molecule has 0 unspecified atom stereocenters. The molecule has 0 aromatic carbocycles. The third-order valence-electron chi connectivity index (χ3n) is 4.49. The summed E-state index contributed by atoms with van der Waals surface area (Å²) in [6.45, 7) is 6.56. The van der Waals surface area contributed by atoms with Crippen LogP contribution < -0.4 is 0 Å². The van der Waals surface area contributed by atoms with Crippen molar-refractivity contribution < 1.29 is 9.32 Å². The van der Waals surface area contributed by atoms with Gasteiger partial charge < -0.3 is 9.42 Å². The normalized spacial score (nSPS) is 17.1. The van der Waals surface area contributed by atoms with Gasteiger partial charge >= 0.3 is 0 Å². The van der Waals surface area contributed by atoms with E-state index in [-0.39, 0.29) is 5.91 Å². The van der Waals surface area contributed by atoms with Crippen LogP contribution in [0.5, 0.6) is 0 Å². The van der Waals surface area contributed by atoms with Gasteiger partial charge in [0.25, 0.3) is 5.91 Å². The molecule has 1 aliphatic rings. The number of thiazole rings is 1. The molecule has 1 aliphatic carbocycles. The fourth-order valence-corrected chi connectivity index (χ4v) is 4.41. The van der Waals surface area contributed by atoms with Gasteiger partial charge in [-0.05, 0) is 33.1 Å². The molecule has 23 heavy (non-hydrogen) atoms. The lowest BCUT2D eigenvalue weighted by Crippen LogP contribution is -2.33. The number of hydrogen-bond acceptors (Lipinski definition) is 5. The predicted molar refractivity (Wildman–Crippen MR) is 90.1 cm³/mol. The van der Waals surface area contributed by atoms with Crippen molar-refractivity contribution >= 4 is 17.2 Å². The largest absolute Gasteiger partial charge is 0.360 e. The Bertz CT molecular complexity index is 719. The first-order chi connectivity index (χ1) is 11.0. The molecule has 3 rings (SSSR count). The minimum absolute atomic E-state index is 0.000301. The van der Waals surface area contributed by atoms with Gasteiger partial charge in [0.1, 0.15) is 11.3 Å². The van der Waals surface area contributed by atoms with Crippen LogP contribution >= 0.6 is 11.3 Å². The van der Waals surface area contributed by atoms with Crippen LogP contribution in [0.15, 0.2) is 4.52 Å². The third kappa shape index (κ3) is 3.04. The summed E-state index contributed by atoms with van der Waals surface area (Å²) in [4.78, 5) is 20.7. The zero-order chi connectivity index (χ0) is 16.6.